The maximum atomic E-state index is 13.3. The highest BCUT2D eigenvalue weighted by Gasteiger charge is 2.09. The molecule has 0 unspecified atom stereocenters. The topological polar surface area (TPSA) is 55.2 Å². The van der Waals surface area contributed by atoms with Crippen LogP contribution in [0.2, 0.25) is 0 Å². The van der Waals surface area contributed by atoms with Crippen LogP contribution in [-0.2, 0) is 6.42 Å². The van der Waals surface area contributed by atoms with Gasteiger partial charge in [-0.2, -0.15) is 0 Å². The van der Waals surface area contributed by atoms with Crippen molar-refractivity contribution in [3.8, 4) is 0 Å². The first-order valence-electron chi connectivity index (χ1n) is 6.39. The molecule has 0 atom stereocenters. The van der Waals surface area contributed by atoms with Crippen molar-refractivity contribution in [2.24, 2.45) is 0 Å². The number of halogens is 2. The summed E-state index contributed by atoms with van der Waals surface area (Å²) in [5.74, 6) is -0.949. The fourth-order valence-electron chi connectivity index (χ4n) is 2.06. The number of benzene rings is 2. The summed E-state index contributed by atoms with van der Waals surface area (Å²) in [6.45, 7) is 2.28. The van der Waals surface area contributed by atoms with Crippen LogP contribution in [0, 0.1) is 28.7 Å². The average molecular weight is 292 g/mol. The standard InChI is InChI=1S/C15H14F2N2O2/c1-10-6-12(16)3-2-11(10)4-5-18-14-7-13(17)8-15(9-14)19(20)21/h2-3,6-9,18H,4-5H2,1H3. The molecule has 6 heteroatoms. The molecule has 2 aromatic rings. The molecule has 0 aliphatic heterocycles. The van der Waals surface area contributed by atoms with Gasteiger partial charge in [0.25, 0.3) is 5.69 Å². The summed E-state index contributed by atoms with van der Waals surface area (Å²) >= 11 is 0. The highest BCUT2D eigenvalue weighted by Crippen LogP contribution is 2.20. The van der Waals surface area contributed by atoms with Crippen molar-refractivity contribution in [1.82, 2.24) is 0 Å². The first-order chi connectivity index (χ1) is 9.95. The van der Waals surface area contributed by atoms with Gasteiger partial charge in [-0.25, -0.2) is 8.78 Å². The normalized spacial score (nSPS) is 10.4. The Morgan fingerprint density at radius 3 is 2.57 bits per heavy atom. The number of nitro benzene ring substituents is 1. The Kier molecular flexibility index (Phi) is 4.47. The lowest BCUT2D eigenvalue weighted by atomic mass is 10.1. The largest absolute Gasteiger partial charge is 0.384 e. The van der Waals surface area contributed by atoms with Crippen LogP contribution in [0.25, 0.3) is 0 Å². The molecule has 0 spiro atoms. The van der Waals surface area contributed by atoms with Gasteiger partial charge in [0.2, 0.25) is 0 Å². The van der Waals surface area contributed by atoms with Crippen LogP contribution in [-0.4, -0.2) is 11.5 Å². The SMILES string of the molecule is Cc1cc(F)ccc1CCNc1cc(F)cc([N+](=O)[O-])c1. The number of anilines is 1. The molecule has 2 rings (SSSR count). The lowest BCUT2D eigenvalue weighted by Gasteiger charge is -2.09. The number of nitrogens with one attached hydrogen (secondary N) is 1. The van der Waals surface area contributed by atoms with Gasteiger partial charge >= 0.3 is 0 Å². The van der Waals surface area contributed by atoms with E-state index in [0.29, 0.717) is 18.7 Å². The highest BCUT2D eigenvalue weighted by atomic mass is 19.1. The summed E-state index contributed by atoms with van der Waals surface area (Å²) in [5, 5.41) is 13.6. The number of non-ortho nitro benzene ring substituents is 1. The van der Waals surface area contributed by atoms with E-state index in [1.807, 2.05) is 6.92 Å². The van der Waals surface area contributed by atoms with E-state index in [1.165, 1.54) is 24.3 Å². The van der Waals surface area contributed by atoms with Crippen molar-refractivity contribution in [3.05, 3.63) is 69.3 Å². The summed E-state index contributed by atoms with van der Waals surface area (Å²) < 4.78 is 26.2. The molecule has 110 valence electrons. The van der Waals surface area contributed by atoms with Crippen LogP contribution in [0.4, 0.5) is 20.2 Å². The molecule has 0 amide bonds. The minimum absolute atomic E-state index is 0.287. The second-order valence-electron chi connectivity index (χ2n) is 4.70. The predicted octanol–water partition coefficient (Wildman–Crippen LogP) is 3.84. The number of nitrogens with zero attached hydrogens (tertiary/aromatic N) is 1. The van der Waals surface area contributed by atoms with Gasteiger partial charge in [-0.3, -0.25) is 10.1 Å². The van der Waals surface area contributed by atoms with Gasteiger partial charge in [0, 0.05) is 18.3 Å². The highest BCUT2D eigenvalue weighted by molar-refractivity contribution is 5.51. The van der Waals surface area contributed by atoms with Gasteiger partial charge in [-0.15, -0.1) is 0 Å². The van der Waals surface area contributed by atoms with Crippen molar-refractivity contribution in [2.45, 2.75) is 13.3 Å². The smallest absolute Gasteiger partial charge is 0.274 e. The molecular weight excluding hydrogens is 278 g/mol. The van der Waals surface area contributed by atoms with E-state index in [2.05, 4.69) is 5.32 Å². The third-order valence-corrected chi connectivity index (χ3v) is 3.12. The lowest BCUT2D eigenvalue weighted by Crippen LogP contribution is -2.06. The maximum absolute atomic E-state index is 13.3. The lowest BCUT2D eigenvalue weighted by molar-refractivity contribution is -0.385. The predicted molar refractivity (Wildman–Crippen MR) is 76.4 cm³/mol. The summed E-state index contributed by atoms with van der Waals surface area (Å²) in [6, 6.07) is 7.87. The van der Waals surface area contributed by atoms with Gasteiger partial charge < -0.3 is 5.32 Å². The Labute approximate surface area is 120 Å². The van der Waals surface area contributed by atoms with Crippen molar-refractivity contribution < 1.29 is 13.7 Å². The third-order valence-electron chi connectivity index (χ3n) is 3.12. The molecule has 0 saturated carbocycles. The van der Waals surface area contributed by atoms with Gasteiger partial charge in [0.05, 0.1) is 11.0 Å². The van der Waals surface area contributed by atoms with E-state index in [9.17, 15) is 18.9 Å². The van der Waals surface area contributed by atoms with Crippen LogP contribution in [0.5, 0.6) is 0 Å². The number of hydrogen-bond acceptors (Lipinski definition) is 3. The fraction of sp³-hybridized carbons (Fsp3) is 0.200. The average Bonchev–Trinajstić information content (AvgIpc) is 2.40. The second-order valence-corrected chi connectivity index (χ2v) is 4.70. The number of aryl methyl sites for hydroxylation is 1. The molecule has 0 radical (unpaired) electrons. The molecule has 0 saturated heterocycles. The summed E-state index contributed by atoms with van der Waals surface area (Å²) in [6.07, 6.45) is 0.608. The quantitative estimate of drug-likeness (QED) is 0.673. The van der Waals surface area contributed by atoms with Crippen molar-refractivity contribution in [3.63, 3.8) is 0 Å². The molecular formula is C15H14F2N2O2. The second kappa shape index (κ2) is 6.30. The number of nitro groups is 1. The Hall–Kier alpha value is -2.50. The zero-order chi connectivity index (χ0) is 15.4. The van der Waals surface area contributed by atoms with E-state index in [4.69, 9.17) is 0 Å². The molecule has 0 fully saturated rings. The van der Waals surface area contributed by atoms with Gasteiger partial charge in [-0.05, 0) is 42.7 Å². The van der Waals surface area contributed by atoms with E-state index in [-0.39, 0.29) is 11.5 Å². The Bertz CT molecular complexity index is 675. The third kappa shape index (κ3) is 3.98. The Balaban J connectivity index is 2.01. The first-order valence-corrected chi connectivity index (χ1v) is 6.39. The monoisotopic (exact) mass is 292 g/mol. The Morgan fingerprint density at radius 1 is 1.14 bits per heavy atom. The van der Waals surface area contributed by atoms with E-state index >= 15 is 0 Å². The fourth-order valence-corrected chi connectivity index (χ4v) is 2.06. The van der Waals surface area contributed by atoms with E-state index in [1.54, 1.807) is 6.07 Å². The minimum Gasteiger partial charge on any atom is -0.384 e. The number of hydrogen-bond donors (Lipinski definition) is 1. The molecule has 2 aromatic carbocycles. The van der Waals surface area contributed by atoms with Crippen LogP contribution < -0.4 is 5.32 Å². The maximum Gasteiger partial charge on any atom is 0.274 e. The van der Waals surface area contributed by atoms with Crippen LogP contribution in [0.1, 0.15) is 11.1 Å². The van der Waals surface area contributed by atoms with Crippen LogP contribution in [0.15, 0.2) is 36.4 Å². The molecule has 0 aromatic heterocycles. The minimum atomic E-state index is -0.662. The van der Waals surface area contributed by atoms with Crippen LogP contribution >= 0.6 is 0 Å². The molecule has 0 bridgehead atoms. The molecule has 21 heavy (non-hydrogen) atoms. The van der Waals surface area contributed by atoms with E-state index in [0.717, 1.165) is 17.2 Å². The molecule has 0 aliphatic rings. The van der Waals surface area contributed by atoms with Gasteiger partial charge in [0.15, 0.2) is 0 Å². The van der Waals surface area contributed by atoms with Crippen molar-refractivity contribution in [1.29, 1.82) is 0 Å². The summed E-state index contributed by atoms with van der Waals surface area (Å²) in [5.41, 5.74) is 1.86. The summed E-state index contributed by atoms with van der Waals surface area (Å²) in [7, 11) is 0. The van der Waals surface area contributed by atoms with E-state index < -0.39 is 10.7 Å². The zero-order valence-electron chi connectivity index (χ0n) is 11.4. The number of rotatable bonds is 5. The Morgan fingerprint density at radius 2 is 1.90 bits per heavy atom. The van der Waals surface area contributed by atoms with Crippen molar-refractivity contribution in [2.75, 3.05) is 11.9 Å². The first kappa shape index (κ1) is 14.9. The molecule has 4 nitrogen and oxygen atoms in total. The summed E-state index contributed by atoms with van der Waals surface area (Å²) in [4.78, 5) is 10.0. The van der Waals surface area contributed by atoms with Gasteiger partial charge in [-0.1, -0.05) is 6.07 Å². The molecule has 0 heterocycles. The molecule has 0 aliphatic carbocycles. The van der Waals surface area contributed by atoms with Crippen LogP contribution in [0.3, 0.4) is 0 Å². The zero-order valence-corrected chi connectivity index (χ0v) is 11.4. The van der Waals surface area contributed by atoms with Gasteiger partial charge in [0.1, 0.15) is 11.6 Å². The molecule has 1 N–H and O–H groups in total. The van der Waals surface area contributed by atoms with Crippen molar-refractivity contribution >= 4 is 11.4 Å².